The number of benzene rings is 10. The van der Waals surface area contributed by atoms with Gasteiger partial charge in [-0.25, -0.2) is 0 Å². The van der Waals surface area contributed by atoms with Crippen LogP contribution in [0.4, 0.5) is 0 Å². The highest BCUT2D eigenvalue weighted by Gasteiger charge is 2.81. The molecule has 372 valence electrons. The Morgan fingerprint density at radius 2 is 0.408 bits per heavy atom. The van der Waals surface area contributed by atoms with Crippen molar-refractivity contribution in [2.45, 2.75) is 22.7 Å². The van der Waals surface area contributed by atoms with Gasteiger partial charge in [-0.05, 0) is 63.9 Å². The highest BCUT2D eigenvalue weighted by molar-refractivity contribution is 7.23. The maximum absolute atomic E-state index is 9.07. The van der Waals surface area contributed by atoms with E-state index in [0.717, 1.165) is 63.0 Å². The Bertz CT molecular complexity index is 3500. The van der Waals surface area contributed by atoms with E-state index in [-0.39, 0.29) is 0 Å². The Morgan fingerprint density at radius 1 is 0.197 bits per heavy atom. The van der Waals surface area contributed by atoms with Gasteiger partial charge >= 0.3 is 68.5 Å². The lowest BCUT2D eigenvalue weighted by Crippen LogP contribution is -2.93. The van der Waals surface area contributed by atoms with Gasteiger partial charge < -0.3 is 32.9 Å². The predicted molar refractivity (Wildman–Crippen MR) is 318 cm³/mol. The zero-order valence-corrected chi connectivity index (χ0v) is 49.5. The maximum atomic E-state index is 9.07. The molecule has 0 N–H and O–H groups in total. The summed E-state index contributed by atoms with van der Waals surface area (Å²) in [6.45, 7) is 0. The summed E-state index contributed by atoms with van der Waals surface area (Å²) in [5, 5.41) is 12.4. The molecule has 0 spiro atoms. The molecule has 0 radical (unpaired) electrons. The third-order valence-corrected chi connectivity index (χ3v) is 61.9. The molecule has 6 aliphatic rings. The van der Waals surface area contributed by atoms with E-state index in [0.29, 0.717) is 22.7 Å². The van der Waals surface area contributed by atoms with Crippen LogP contribution < -0.4 is 41.5 Å². The predicted octanol–water partition coefficient (Wildman–Crippen LogP) is 7.45. The van der Waals surface area contributed by atoms with Gasteiger partial charge in [-0.1, -0.05) is 261 Å². The standard InChI is InChI=1S/C60H52O8Si8/c1-8-27-50(28-9-1)69-45-70(51-29-10-2-11-30-51)63-73(54-35-16-5-17-36-54)46-71(61-69,52-31-12-3-13-32-52)64-74(55-37-18-6-19-38-55)47-72(62-69,53-33-14-4-15-34-53)66-75(65-70,56-39-20-7-21-40-56)48-76(67-73,68-74)60-44-49-26-22-23-41-57(49)58-42-24-25-43-59(58)60/h1-44H,45-48H2. The van der Waals surface area contributed by atoms with E-state index in [9.17, 15) is 0 Å². The Balaban J connectivity index is 1.18. The van der Waals surface area contributed by atoms with Crippen LogP contribution >= 0.6 is 0 Å². The van der Waals surface area contributed by atoms with Crippen molar-refractivity contribution in [1.82, 2.24) is 0 Å². The number of rotatable bonds is 8. The van der Waals surface area contributed by atoms with Gasteiger partial charge in [-0.2, -0.15) is 0 Å². The lowest BCUT2D eigenvalue weighted by atomic mass is 10.0. The third-order valence-electron chi connectivity index (χ3n) is 16.2. The first kappa shape index (κ1) is 47.4. The summed E-state index contributed by atoms with van der Waals surface area (Å²) in [4.78, 5) is 0. The SMILES string of the molecule is c1ccc([Si]23C[Si]4(c5ccccc5)O[Si]5(c6ccccc6)C[Si]6(c7ccccc7)O[Si](c7ccccc7)(C[Si](c7ccccc7)(O2)O5)O[Si](c2ccccc2)(C[Si](c2cc5ccccc5c5ccccc25)(O4)O6)O3)cc1. The molecule has 10 aromatic carbocycles. The van der Waals surface area contributed by atoms with E-state index in [1.807, 2.05) is 0 Å². The smallest absolute Gasteiger partial charge is 0.358 e. The van der Waals surface area contributed by atoms with Crippen LogP contribution in [0.3, 0.4) is 0 Å². The third kappa shape index (κ3) is 7.37. The molecule has 0 amide bonds. The largest absolute Gasteiger partial charge is 0.409 e. The highest BCUT2D eigenvalue weighted by Crippen LogP contribution is 2.53. The van der Waals surface area contributed by atoms with E-state index in [4.69, 9.17) is 32.9 Å². The molecular formula is C60H52O8Si8. The fourth-order valence-corrected chi connectivity index (χ4v) is 79.1. The summed E-state index contributed by atoms with van der Waals surface area (Å²) in [6.07, 6.45) is 0. The average molecular weight is 1130 g/mol. The molecular weight excluding hydrogens is 1070 g/mol. The molecule has 8 atom stereocenters. The molecule has 10 aromatic rings. The number of fused-ring (bicyclic) bond motifs is 3. The Hall–Kier alpha value is -5.86. The van der Waals surface area contributed by atoms with Crippen molar-refractivity contribution in [3.05, 3.63) is 267 Å². The fourth-order valence-electron chi connectivity index (χ4n) is 13.1. The van der Waals surface area contributed by atoms with Crippen molar-refractivity contribution in [3.63, 3.8) is 0 Å². The second-order valence-electron chi connectivity index (χ2n) is 20.8. The summed E-state index contributed by atoms with van der Waals surface area (Å²) in [6, 6.07) is 95.0. The Morgan fingerprint density at radius 3 is 0.697 bits per heavy atom. The molecule has 6 aliphatic heterocycles. The van der Waals surface area contributed by atoms with Crippen LogP contribution in [0.2, 0.25) is 22.7 Å². The molecule has 0 aliphatic carbocycles. The molecule has 0 aromatic heterocycles. The quantitative estimate of drug-likeness (QED) is 0.115. The first-order valence-electron chi connectivity index (χ1n) is 26.2. The summed E-state index contributed by atoms with van der Waals surface area (Å²) >= 11 is 0. The van der Waals surface area contributed by atoms with Gasteiger partial charge in [0.15, 0.2) is 0 Å². The van der Waals surface area contributed by atoms with Crippen LogP contribution in [0.1, 0.15) is 0 Å². The molecule has 6 heterocycles. The van der Waals surface area contributed by atoms with Gasteiger partial charge in [-0.3, -0.25) is 0 Å². The van der Waals surface area contributed by atoms with Crippen LogP contribution in [-0.2, 0) is 32.9 Å². The molecule has 8 bridgehead atoms. The molecule has 0 saturated carbocycles. The van der Waals surface area contributed by atoms with Crippen molar-refractivity contribution >= 4 is 132 Å². The van der Waals surface area contributed by atoms with E-state index in [2.05, 4.69) is 267 Å². The fraction of sp³-hybridized carbons (Fsp3) is 0.0667. The molecule has 8 unspecified atom stereocenters. The van der Waals surface area contributed by atoms with Crippen molar-refractivity contribution in [1.29, 1.82) is 0 Å². The van der Waals surface area contributed by atoms with Crippen LogP contribution in [0, 0.1) is 0 Å². The van der Waals surface area contributed by atoms with Crippen LogP contribution in [0.15, 0.2) is 267 Å². The minimum absolute atomic E-state index is 0.343. The van der Waals surface area contributed by atoms with Crippen LogP contribution in [0.25, 0.3) is 21.5 Å². The summed E-state index contributed by atoms with van der Waals surface area (Å²) in [7, 11) is -32.5. The van der Waals surface area contributed by atoms with Gasteiger partial charge in [0, 0.05) is 27.9 Å². The topological polar surface area (TPSA) is 73.8 Å². The van der Waals surface area contributed by atoms with Crippen LogP contribution in [0.5, 0.6) is 0 Å². The van der Waals surface area contributed by atoms with E-state index >= 15 is 0 Å². The van der Waals surface area contributed by atoms with Gasteiger partial charge in [0.1, 0.15) is 0 Å². The van der Waals surface area contributed by atoms with E-state index in [1.165, 1.54) is 0 Å². The highest BCUT2D eigenvalue weighted by atomic mass is 28.6. The Kier molecular flexibility index (Phi) is 11.1. The monoisotopic (exact) mass is 1120 g/mol. The van der Waals surface area contributed by atoms with Gasteiger partial charge in [0.25, 0.3) is 0 Å². The van der Waals surface area contributed by atoms with Crippen molar-refractivity contribution < 1.29 is 32.9 Å². The second-order valence-corrected chi connectivity index (χ2v) is 49.6. The van der Waals surface area contributed by atoms with Crippen molar-refractivity contribution in [2.24, 2.45) is 0 Å². The normalized spacial score (nSPS) is 31.5. The molecule has 76 heavy (non-hydrogen) atoms. The minimum Gasteiger partial charge on any atom is -0.409 e. The lowest BCUT2D eigenvalue weighted by Gasteiger charge is -2.65. The summed E-state index contributed by atoms with van der Waals surface area (Å²) < 4.78 is 71.3. The maximum Gasteiger partial charge on any atom is 0.358 e. The number of hydrogen-bond acceptors (Lipinski definition) is 8. The zero-order chi connectivity index (χ0) is 50.5. The van der Waals surface area contributed by atoms with E-state index < -0.39 is 68.5 Å². The van der Waals surface area contributed by atoms with Gasteiger partial charge in [-0.15, -0.1) is 0 Å². The summed E-state index contributed by atoms with van der Waals surface area (Å²) in [5.41, 5.74) is 1.42. The van der Waals surface area contributed by atoms with Crippen molar-refractivity contribution in [3.8, 4) is 0 Å². The number of hydrogen-bond donors (Lipinski definition) is 0. The van der Waals surface area contributed by atoms with E-state index in [1.54, 1.807) is 0 Å². The van der Waals surface area contributed by atoms with Gasteiger partial charge in [0.2, 0.25) is 0 Å². The van der Waals surface area contributed by atoms with Crippen molar-refractivity contribution in [2.75, 3.05) is 0 Å². The molecule has 16 heteroatoms. The molecule has 16 rings (SSSR count). The minimum atomic E-state index is -4.21. The average Bonchev–Trinajstić information content (AvgIpc) is 3.32. The Labute approximate surface area is 451 Å². The van der Waals surface area contributed by atoms with Gasteiger partial charge in [0.05, 0.1) is 0 Å². The lowest BCUT2D eigenvalue weighted by molar-refractivity contribution is 0.195. The zero-order valence-electron chi connectivity index (χ0n) is 41.5. The first-order chi connectivity index (χ1) is 37.3. The molecule has 8 nitrogen and oxygen atoms in total. The molecule has 6 fully saturated rings. The second kappa shape index (κ2) is 17.8. The first-order valence-corrected chi connectivity index (χ1v) is 42.4. The molecule has 6 saturated heterocycles. The summed E-state index contributed by atoms with van der Waals surface area (Å²) in [5.74, 6) is 0. The van der Waals surface area contributed by atoms with Crippen LogP contribution in [-0.4, -0.2) is 68.5 Å².